The molecular weight excluding hydrogens is 420 g/mol. The summed E-state index contributed by atoms with van der Waals surface area (Å²) < 4.78 is 5.64. The minimum absolute atomic E-state index is 0.0149. The van der Waals surface area contributed by atoms with E-state index in [1.807, 2.05) is 24.3 Å². The van der Waals surface area contributed by atoms with Gasteiger partial charge in [-0.25, -0.2) is 4.79 Å². The lowest BCUT2D eigenvalue weighted by Crippen LogP contribution is -2.62. The molecule has 2 aromatic rings. The van der Waals surface area contributed by atoms with Crippen LogP contribution < -0.4 is 5.32 Å². The Balaban J connectivity index is 1.20. The topological polar surface area (TPSA) is 95.9 Å². The van der Waals surface area contributed by atoms with Crippen molar-refractivity contribution in [2.75, 3.05) is 19.7 Å². The lowest BCUT2D eigenvalue weighted by atomic mass is 9.81. The average Bonchev–Trinajstić information content (AvgIpc) is 3.37. The van der Waals surface area contributed by atoms with Crippen LogP contribution in [0.2, 0.25) is 0 Å². The first-order valence-corrected chi connectivity index (χ1v) is 11.5. The number of carbonyl (C=O) groups excluding carboxylic acids is 2. The van der Waals surface area contributed by atoms with Gasteiger partial charge >= 0.3 is 12.1 Å². The molecule has 0 aromatic heterocycles. The number of aliphatic carboxylic acids is 1. The molecule has 5 rings (SSSR count). The Bertz CT molecular complexity index is 1060. The number of fused-ring (bicyclic) bond motifs is 3. The van der Waals surface area contributed by atoms with Gasteiger partial charge in [-0.15, -0.1) is 0 Å². The molecule has 0 bridgehead atoms. The zero-order valence-corrected chi connectivity index (χ0v) is 18.6. The smallest absolute Gasteiger partial charge is 0.407 e. The Morgan fingerprint density at radius 3 is 2.24 bits per heavy atom. The monoisotopic (exact) mass is 448 g/mol. The summed E-state index contributed by atoms with van der Waals surface area (Å²) in [5.74, 6) is -1.30. The highest BCUT2D eigenvalue weighted by atomic mass is 16.5. The Morgan fingerprint density at radius 2 is 1.64 bits per heavy atom. The van der Waals surface area contributed by atoms with E-state index in [-0.39, 0.29) is 43.5 Å². The Labute approximate surface area is 192 Å². The van der Waals surface area contributed by atoms with Crippen molar-refractivity contribution in [3.05, 3.63) is 59.7 Å². The van der Waals surface area contributed by atoms with Crippen LogP contribution in [0.3, 0.4) is 0 Å². The quantitative estimate of drug-likeness (QED) is 0.728. The first kappa shape index (κ1) is 21.5. The molecule has 2 atom stereocenters. The van der Waals surface area contributed by atoms with Crippen LogP contribution in [-0.2, 0) is 14.3 Å². The van der Waals surface area contributed by atoms with Gasteiger partial charge in [0.25, 0.3) is 0 Å². The van der Waals surface area contributed by atoms with Crippen molar-refractivity contribution < 1.29 is 24.2 Å². The van der Waals surface area contributed by atoms with E-state index in [0.29, 0.717) is 12.8 Å². The Kier molecular flexibility index (Phi) is 5.35. The number of alkyl carbamates (subject to hydrolysis) is 1. The number of benzene rings is 2. The van der Waals surface area contributed by atoms with Gasteiger partial charge in [0, 0.05) is 25.0 Å². The molecule has 1 heterocycles. The van der Waals surface area contributed by atoms with Crippen LogP contribution in [0, 0.1) is 11.3 Å². The summed E-state index contributed by atoms with van der Waals surface area (Å²) in [5, 5.41) is 12.2. The van der Waals surface area contributed by atoms with Gasteiger partial charge in [0.2, 0.25) is 5.91 Å². The zero-order chi connectivity index (χ0) is 23.2. The number of nitrogens with zero attached hydrogens (tertiary/aromatic N) is 1. The number of likely N-dealkylation sites (tertiary alicyclic amines) is 1. The number of hydrogen-bond donors (Lipinski definition) is 2. The summed E-state index contributed by atoms with van der Waals surface area (Å²) in [6, 6.07) is 16.1. The van der Waals surface area contributed by atoms with Gasteiger partial charge < -0.3 is 20.1 Å². The summed E-state index contributed by atoms with van der Waals surface area (Å²) in [6.45, 7) is 2.32. The van der Waals surface area contributed by atoms with Crippen molar-refractivity contribution >= 4 is 18.0 Å². The highest BCUT2D eigenvalue weighted by Crippen LogP contribution is 2.44. The van der Waals surface area contributed by atoms with Gasteiger partial charge in [0.1, 0.15) is 6.61 Å². The molecule has 1 aliphatic heterocycles. The fraction of sp³-hybridized carbons (Fsp3) is 0.423. The van der Waals surface area contributed by atoms with Gasteiger partial charge in [-0.2, -0.15) is 0 Å². The van der Waals surface area contributed by atoms with Crippen LogP contribution in [0.25, 0.3) is 11.1 Å². The molecule has 0 radical (unpaired) electrons. The normalized spacial score (nSPS) is 22.8. The first-order valence-electron chi connectivity index (χ1n) is 11.5. The average molecular weight is 449 g/mol. The molecule has 1 saturated carbocycles. The van der Waals surface area contributed by atoms with Crippen LogP contribution in [-0.4, -0.2) is 53.7 Å². The number of carboxylic acid groups (broad SMARTS) is 1. The second kappa shape index (κ2) is 8.21. The third-order valence-electron chi connectivity index (χ3n) is 7.39. The molecule has 2 N–H and O–H groups in total. The molecule has 33 heavy (non-hydrogen) atoms. The predicted octanol–water partition coefficient (Wildman–Crippen LogP) is 3.63. The Morgan fingerprint density at radius 1 is 1.03 bits per heavy atom. The van der Waals surface area contributed by atoms with E-state index in [0.717, 1.165) is 17.5 Å². The second-order valence-electron chi connectivity index (χ2n) is 9.67. The third-order valence-corrected chi connectivity index (χ3v) is 7.39. The maximum absolute atomic E-state index is 12.9. The molecule has 3 aliphatic rings. The Hall–Kier alpha value is -3.35. The minimum atomic E-state index is -0.883. The van der Waals surface area contributed by atoms with E-state index < -0.39 is 17.5 Å². The van der Waals surface area contributed by atoms with Crippen molar-refractivity contribution in [3.8, 4) is 11.1 Å². The summed E-state index contributed by atoms with van der Waals surface area (Å²) >= 11 is 0. The van der Waals surface area contributed by atoms with Gasteiger partial charge in [-0.1, -0.05) is 55.0 Å². The standard InChI is InChI=1S/C26H28N2O5/c1-26(24(30)31)14-28(15-26)23(29)20-11-6-12-22(20)27-25(32)33-13-21-18-9-4-2-7-16(18)17-8-3-5-10-19(17)21/h2-5,7-10,20-22H,6,11-15H2,1H3,(H,27,32)(H,30,31). The number of hydrogen-bond acceptors (Lipinski definition) is 4. The number of ether oxygens (including phenoxy) is 1. The molecule has 0 spiro atoms. The highest BCUT2D eigenvalue weighted by Gasteiger charge is 2.50. The number of amides is 2. The zero-order valence-electron chi connectivity index (χ0n) is 18.6. The largest absolute Gasteiger partial charge is 0.481 e. The number of rotatable bonds is 5. The van der Waals surface area contributed by atoms with E-state index in [1.165, 1.54) is 11.1 Å². The summed E-state index contributed by atoms with van der Waals surface area (Å²) in [6.07, 6.45) is 1.73. The highest BCUT2D eigenvalue weighted by molar-refractivity contribution is 5.85. The van der Waals surface area contributed by atoms with Crippen molar-refractivity contribution in [1.29, 1.82) is 0 Å². The van der Waals surface area contributed by atoms with E-state index >= 15 is 0 Å². The van der Waals surface area contributed by atoms with Crippen molar-refractivity contribution in [2.24, 2.45) is 11.3 Å². The third kappa shape index (κ3) is 3.75. The lowest BCUT2D eigenvalue weighted by Gasteiger charge is -2.46. The SMILES string of the molecule is CC1(C(=O)O)CN(C(=O)C2CCCC2NC(=O)OCC2c3ccccc3-c3ccccc32)C1. The number of nitrogens with one attached hydrogen (secondary N) is 1. The fourth-order valence-corrected chi connectivity index (χ4v) is 5.54. The molecular formula is C26H28N2O5. The summed E-state index contributed by atoms with van der Waals surface area (Å²) in [4.78, 5) is 38.5. The van der Waals surface area contributed by atoms with Crippen LogP contribution in [0.1, 0.15) is 43.2 Å². The molecule has 2 aliphatic carbocycles. The molecule has 7 heteroatoms. The van der Waals surface area contributed by atoms with E-state index in [1.54, 1.807) is 11.8 Å². The summed E-state index contributed by atoms with van der Waals surface area (Å²) in [5.41, 5.74) is 3.78. The maximum atomic E-state index is 12.9. The van der Waals surface area contributed by atoms with Crippen LogP contribution >= 0.6 is 0 Å². The molecule has 172 valence electrons. The maximum Gasteiger partial charge on any atom is 0.407 e. The molecule has 7 nitrogen and oxygen atoms in total. The molecule has 2 amide bonds. The molecule has 2 unspecified atom stereocenters. The number of carboxylic acids is 1. The predicted molar refractivity (Wildman–Crippen MR) is 122 cm³/mol. The van der Waals surface area contributed by atoms with Gasteiger partial charge in [0.15, 0.2) is 0 Å². The molecule has 1 saturated heterocycles. The lowest BCUT2D eigenvalue weighted by molar-refractivity contribution is -0.165. The minimum Gasteiger partial charge on any atom is -0.481 e. The van der Waals surface area contributed by atoms with Crippen LogP contribution in [0.15, 0.2) is 48.5 Å². The van der Waals surface area contributed by atoms with Gasteiger partial charge in [0.05, 0.1) is 11.3 Å². The van der Waals surface area contributed by atoms with Crippen molar-refractivity contribution in [1.82, 2.24) is 10.2 Å². The van der Waals surface area contributed by atoms with Crippen LogP contribution in [0.5, 0.6) is 0 Å². The van der Waals surface area contributed by atoms with Gasteiger partial charge in [-0.3, -0.25) is 9.59 Å². The van der Waals surface area contributed by atoms with Crippen LogP contribution in [0.4, 0.5) is 4.79 Å². The second-order valence-corrected chi connectivity index (χ2v) is 9.67. The van der Waals surface area contributed by atoms with E-state index in [9.17, 15) is 19.5 Å². The fourth-order valence-electron chi connectivity index (χ4n) is 5.54. The van der Waals surface area contributed by atoms with Gasteiger partial charge in [-0.05, 0) is 42.0 Å². The first-order chi connectivity index (χ1) is 15.9. The van der Waals surface area contributed by atoms with Crippen molar-refractivity contribution in [2.45, 2.75) is 38.1 Å². The van der Waals surface area contributed by atoms with Crippen molar-refractivity contribution in [3.63, 3.8) is 0 Å². The van der Waals surface area contributed by atoms with E-state index in [2.05, 4.69) is 29.6 Å². The molecule has 2 aromatic carbocycles. The summed E-state index contributed by atoms with van der Waals surface area (Å²) in [7, 11) is 0. The molecule has 2 fully saturated rings. The van der Waals surface area contributed by atoms with E-state index in [4.69, 9.17) is 4.74 Å². The number of carbonyl (C=O) groups is 3.